The Kier molecular flexibility index (Phi) is 4.01. The molecule has 21 heavy (non-hydrogen) atoms. The smallest absolute Gasteiger partial charge is 0.240 e. The van der Waals surface area contributed by atoms with E-state index in [-0.39, 0.29) is 11.1 Å². The maximum absolute atomic E-state index is 12.9. The summed E-state index contributed by atoms with van der Waals surface area (Å²) in [6.07, 6.45) is 0. The number of rotatable bonds is 4. The third-order valence-electron chi connectivity index (χ3n) is 2.95. The van der Waals surface area contributed by atoms with E-state index in [0.29, 0.717) is 11.7 Å². The monoisotopic (exact) mass is 300 g/mol. The second kappa shape index (κ2) is 6.10. The third kappa shape index (κ3) is 3.31. The van der Waals surface area contributed by atoms with Crippen molar-refractivity contribution in [3.05, 3.63) is 66.3 Å². The van der Waals surface area contributed by atoms with E-state index in [9.17, 15) is 4.39 Å². The molecular formula is C16H13FN2OS. The first kappa shape index (κ1) is 13.8. The van der Waals surface area contributed by atoms with Gasteiger partial charge >= 0.3 is 0 Å². The highest BCUT2D eigenvalue weighted by Gasteiger charge is 2.16. The van der Waals surface area contributed by atoms with Gasteiger partial charge in [0, 0.05) is 10.5 Å². The fourth-order valence-corrected chi connectivity index (χ4v) is 2.77. The van der Waals surface area contributed by atoms with Crippen LogP contribution >= 0.6 is 11.8 Å². The number of hydrogen-bond acceptors (Lipinski definition) is 4. The fraction of sp³-hybridized carbons (Fsp3) is 0.125. The molecule has 0 fully saturated rings. The Morgan fingerprint density at radius 3 is 2.48 bits per heavy atom. The molecule has 2 aromatic carbocycles. The van der Waals surface area contributed by atoms with E-state index in [1.54, 1.807) is 23.9 Å². The van der Waals surface area contributed by atoms with Crippen LogP contribution < -0.4 is 0 Å². The summed E-state index contributed by atoms with van der Waals surface area (Å²) in [6.45, 7) is 1.98. The van der Waals surface area contributed by atoms with Gasteiger partial charge in [-0.2, -0.15) is 4.98 Å². The van der Waals surface area contributed by atoms with E-state index in [4.69, 9.17) is 4.52 Å². The minimum Gasteiger partial charge on any atom is -0.338 e. The average molecular weight is 300 g/mol. The van der Waals surface area contributed by atoms with Gasteiger partial charge < -0.3 is 4.52 Å². The Balaban J connectivity index is 1.75. The standard InChI is InChI=1S/C16H13FN2OS/c1-11(21-14-9-7-13(17)8-10-14)16-18-15(19-20-16)12-5-3-2-4-6-12/h2-11H,1H3. The predicted octanol–water partition coefficient (Wildman–Crippen LogP) is 4.73. The molecule has 0 aliphatic rings. The highest BCUT2D eigenvalue weighted by Crippen LogP contribution is 2.34. The normalized spacial score (nSPS) is 12.3. The maximum atomic E-state index is 12.9. The lowest BCUT2D eigenvalue weighted by molar-refractivity contribution is 0.381. The van der Waals surface area contributed by atoms with Crippen molar-refractivity contribution in [1.29, 1.82) is 0 Å². The van der Waals surface area contributed by atoms with E-state index < -0.39 is 0 Å². The van der Waals surface area contributed by atoms with Crippen molar-refractivity contribution in [2.75, 3.05) is 0 Å². The van der Waals surface area contributed by atoms with Crippen LogP contribution in [0.5, 0.6) is 0 Å². The van der Waals surface area contributed by atoms with E-state index >= 15 is 0 Å². The molecular weight excluding hydrogens is 287 g/mol. The quantitative estimate of drug-likeness (QED) is 0.653. The fourth-order valence-electron chi connectivity index (χ4n) is 1.87. The number of hydrogen-bond donors (Lipinski definition) is 0. The van der Waals surface area contributed by atoms with Crippen LogP contribution in [-0.4, -0.2) is 10.1 Å². The summed E-state index contributed by atoms with van der Waals surface area (Å²) in [5, 5.41) is 4.00. The van der Waals surface area contributed by atoms with E-state index in [2.05, 4.69) is 10.1 Å². The number of halogens is 1. The second-order valence-corrected chi connectivity index (χ2v) is 5.95. The van der Waals surface area contributed by atoms with Crippen molar-refractivity contribution in [1.82, 2.24) is 10.1 Å². The van der Waals surface area contributed by atoms with Crippen molar-refractivity contribution >= 4 is 11.8 Å². The van der Waals surface area contributed by atoms with Crippen LogP contribution in [0.4, 0.5) is 4.39 Å². The van der Waals surface area contributed by atoms with Crippen LogP contribution in [0.2, 0.25) is 0 Å². The summed E-state index contributed by atoms with van der Waals surface area (Å²) in [6, 6.07) is 16.0. The lowest BCUT2D eigenvalue weighted by Crippen LogP contribution is -1.89. The molecule has 0 N–H and O–H groups in total. The Labute approximate surface area is 126 Å². The first-order valence-electron chi connectivity index (χ1n) is 6.53. The van der Waals surface area contributed by atoms with Gasteiger partial charge in [-0.15, -0.1) is 11.8 Å². The molecule has 0 radical (unpaired) electrons. The molecule has 3 aromatic rings. The van der Waals surface area contributed by atoms with Crippen molar-refractivity contribution in [3.8, 4) is 11.4 Å². The first-order chi connectivity index (χ1) is 10.2. The van der Waals surface area contributed by atoms with Crippen molar-refractivity contribution in [3.63, 3.8) is 0 Å². The van der Waals surface area contributed by atoms with E-state index in [0.717, 1.165) is 10.5 Å². The summed E-state index contributed by atoms with van der Waals surface area (Å²) in [5.74, 6) is 0.900. The lowest BCUT2D eigenvalue weighted by Gasteiger charge is -2.05. The molecule has 0 amide bonds. The molecule has 1 heterocycles. The minimum absolute atomic E-state index is 0.000392. The summed E-state index contributed by atoms with van der Waals surface area (Å²) in [7, 11) is 0. The van der Waals surface area contributed by atoms with Crippen LogP contribution in [-0.2, 0) is 0 Å². The number of nitrogens with zero attached hydrogens (tertiary/aromatic N) is 2. The van der Waals surface area contributed by atoms with Gasteiger partial charge in [-0.1, -0.05) is 35.5 Å². The van der Waals surface area contributed by atoms with Crippen molar-refractivity contribution < 1.29 is 8.91 Å². The van der Waals surface area contributed by atoms with Gasteiger partial charge in [-0.25, -0.2) is 4.39 Å². The molecule has 0 saturated heterocycles. The number of thioether (sulfide) groups is 1. The molecule has 3 rings (SSSR count). The summed E-state index contributed by atoms with van der Waals surface area (Å²) in [5.41, 5.74) is 0.923. The summed E-state index contributed by atoms with van der Waals surface area (Å²) >= 11 is 1.55. The zero-order valence-corrected chi connectivity index (χ0v) is 12.2. The highest BCUT2D eigenvalue weighted by atomic mass is 32.2. The Morgan fingerprint density at radius 2 is 1.76 bits per heavy atom. The Bertz CT molecular complexity index is 713. The van der Waals surface area contributed by atoms with Crippen LogP contribution in [0.15, 0.2) is 64.0 Å². The van der Waals surface area contributed by atoms with Gasteiger partial charge in [-0.05, 0) is 31.2 Å². The molecule has 1 atom stereocenters. The maximum Gasteiger partial charge on any atom is 0.240 e. The van der Waals surface area contributed by atoms with Crippen molar-refractivity contribution in [2.45, 2.75) is 17.1 Å². The zero-order chi connectivity index (χ0) is 14.7. The van der Waals surface area contributed by atoms with Crippen LogP contribution in [0.1, 0.15) is 18.1 Å². The molecule has 106 valence electrons. The van der Waals surface area contributed by atoms with Gasteiger partial charge in [0.2, 0.25) is 11.7 Å². The number of benzene rings is 2. The van der Waals surface area contributed by atoms with Gasteiger partial charge in [0.25, 0.3) is 0 Å². The lowest BCUT2D eigenvalue weighted by atomic mass is 10.2. The van der Waals surface area contributed by atoms with Gasteiger partial charge in [-0.3, -0.25) is 0 Å². The predicted molar refractivity (Wildman–Crippen MR) is 80.4 cm³/mol. The molecule has 1 aromatic heterocycles. The Hall–Kier alpha value is -2.14. The average Bonchev–Trinajstić information content (AvgIpc) is 3.00. The molecule has 0 bridgehead atoms. The molecule has 0 spiro atoms. The van der Waals surface area contributed by atoms with Gasteiger partial charge in [0.15, 0.2) is 0 Å². The summed E-state index contributed by atoms with van der Waals surface area (Å²) in [4.78, 5) is 5.38. The molecule has 0 saturated carbocycles. The largest absolute Gasteiger partial charge is 0.338 e. The molecule has 1 unspecified atom stereocenters. The summed E-state index contributed by atoms with van der Waals surface area (Å²) < 4.78 is 18.2. The Morgan fingerprint density at radius 1 is 1.05 bits per heavy atom. The SMILES string of the molecule is CC(Sc1ccc(F)cc1)c1nc(-c2ccccc2)no1. The van der Waals surface area contributed by atoms with Crippen LogP contribution in [0, 0.1) is 5.82 Å². The highest BCUT2D eigenvalue weighted by molar-refractivity contribution is 7.99. The topological polar surface area (TPSA) is 38.9 Å². The molecule has 3 nitrogen and oxygen atoms in total. The number of aromatic nitrogens is 2. The van der Waals surface area contributed by atoms with Crippen LogP contribution in [0.3, 0.4) is 0 Å². The molecule has 0 aliphatic heterocycles. The second-order valence-electron chi connectivity index (χ2n) is 4.54. The van der Waals surface area contributed by atoms with Crippen LogP contribution in [0.25, 0.3) is 11.4 Å². The van der Waals surface area contributed by atoms with Gasteiger partial charge in [0.05, 0.1) is 5.25 Å². The van der Waals surface area contributed by atoms with Crippen molar-refractivity contribution in [2.24, 2.45) is 0 Å². The third-order valence-corrected chi connectivity index (χ3v) is 4.05. The minimum atomic E-state index is -0.240. The molecule has 5 heteroatoms. The molecule has 0 aliphatic carbocycles. The zero-order valence-electron chi connectivity index (χ0n) is 11.4. The van der Waals surface area contributed by atoms with E-state index in [1.165, 1.54) is 12.1 Å². The van der Waals surface area contributed by atoms with Gasteiger partial charge in [0.1, 0.15) is 5.82 Å². The first-order valence-corrected chi connectivity index (χ1v) is 7.41. The van der Waals surface area contributed by atoms with E-state index in [1.807, 2.05) is 37.3 Å².